The summed E-state index contributed by atoms with van der Waals surface area (Å²) in [6.45, 7) is 18.2. The van der Waals surface area contributed by atoms with E-state index in [-0.39, 0.29) is 66.1 Å². The topological polar surface area (TPSA) is 172 Å². The van der Waals surface area contributed by atoms with E-state index in [0.717, 1.165) is 0 Å². The lowest BCUT2D eigenvalue weighted by Gasteiger charge is -2.49. The highest BCUT2D eigenvalue weighted by molar-refractivity contribution is 6.32. The van der Waals surface area contributed by atoms with Crippen LogP contribution in [-0.4, -0.2) is 79.1 Å². The van der Waals surface area contributed by atoms with Crippen LogP contribution in [0.25, 0.3) is 0 Å². The van der Waals surface area contributed by atoms with Gasteiger partial charge in [-0.3, -0.25) is 4.99 Å². The maximum absolute atomic E-state index is 14.5. The zero-order chi connectivity index (χ0) is 37.4. The van der Waals surface area contributed by atoms with Crippen molar-refractivity contribution in [1.82, 2.24) is 0 Å². The summed E-state index contributed by atoms with van der Waals surface area (Å²) in [4.78, 5) is 66.2. The summed E-state index contributed by atoms with van der Waals surface area (Å²) in [5.41, 5.74) is -7.60. The lowest BCUT2D eigenvalue weighted by molar-refractivity contribution is -0.145. The highest BCUT2D eigenvalue weighted by Crippen LogP contribution is 2.65. The van der Waals surface area contributed by atoms with Gasteiger partial charge in [0.05, 0.1) is 60.4 Å². The van der Waals surface area contributed by atoms with Gasteiger partial charge in [-0.1, -0.05) is 11.6 Å². The van der Waals surface area contributed by atoms with E-state index >= 15 is 0 Å². The Bertz CT molecular complexity index is 1780. The summed E-state index contributed by atoms with van der Waals surface area (Å²) < 4.78 is 35.5. The quantitative estimate of drug-likeness (QED) is 0.271. The number of nitriles is 1. The summed E-state index contributed by atoms with van der Waals surface area (Å²) in [5, 5.41) is 11.7. The van der Waals surface area contributed by atoms with E-state index < -0.39 is 57.6 Å². The Morgan fingerprint density at radius 3 is 1.84 bits per heavy atom. The fourth-order valence-corrected chi connectivity index (χ4v) is 6.38. The van der Waals surface area contributed by atoms with Crippen molar-refractivity contribution in [2.45, 2.75) is 98.9 Å². The van der Waals surface area contributed by atoms with Gasteiger partial charge < -0.3 is 28.4 Å². The average Bonchev–Trinajstić information content (AvgIpc) is 3.48. The second-order valence-corrected chi connectivity index (χ2v) is 13.8. The van der Waals surface area contributed by atoms with E-state index in [2.05, 4.69) is 6.07 Å². The van der Waals surface area contributed by atoms with Crippen LogP contribution in [0, 0.1) is 23.7 Å². The lowest BCUT2D eigenvalue weighted by atomic mass is 9.59. The second kappa shape index (κ2) is 13.7. The molecule has 2 aliphatic heterocycles. The van der Waals surface area contributed by atoms with Crippen LogP contribution in [0.2, 0.25) is 0 Å². The minimum Gasteiger partial charge on any atom is -0.483 e. The molecule has 13 nitrogen and oxygen atoms in total. The Hall–Kier alpha value is -4.99. The minimum absolute atomic E-state index is 0.0721. The van der Waals surface area contributed by atoms with Gasteiger partial charge >= 0.3 is 23.9 Å². The number of aliphatic imine (C=N–C) groups is 2. The van der Waals surface area contributed by atoms with E-state index in [4.69, 9.17) is 38.4 Å². The molecule has 1 aromatic rings. The van der Waals surface area contributed by atoms with E-state index in [1.165, 1.54) is 0 Å². The Morgan fingerprint density at radius 1 is 0.800 bits per heavy atom. The highest BCUT2D eigenvalue weighted by Gasteiger charge is 2.78. The van der Waals surface area contributed by atoms with Crippen molar-refractivity contribution >= 4 is 35.5 Å². The molecular weight excluding hydrogens is 646 g/mol. The van der Waals surface area contributed by atoms with E-state index in [1.807, 2.05) is 0 Å². The molecule has 50 heavy (non-hydrogen) atoms. The van der Waals surface area contributed by atoms with E-state index in [1.54, 1.807) is 94.4 Å². The fraction of sp³-hybridized carbons (Fsp3) is 0.541. The van der Waals surface area contributed by atoms with Crippen LogP contribution in [0.4, 0.5) is 0 Å². The maximum Gasteiger partial charge on any atom is 0.344 e. The van der Waals surface area contributed by atoms with Crippen LogP contribution >= 0.6 is 0 Å². The van der Waals surface area contributed by atoms with Gasteiger partial charge in [-0.05, 0) is 88.3 Å². The number of nitrogens with zero attached hydrogens (tertiary/aromatic N) is 3. The monoisotopic (exact) mass is 691 g/mol. The molecule has 1 aliphatic carbocycles. The van der Waals surface area contributed by atoms with Crippen LogP contribution in [0.15, 0.2) is 50.5 Å². The van der Waals surface area contributed by atoms with Crippen LogP contribution < -0.4 is 4.74 Å². The molecule has 0 radical (unpaired) electrons. The van der Waals surface area contributed by atoms with Gasteiger partial charge in [0.2, 0.25) is 11.5 Å². The molecule has 0 saturated heterocycles. The van der Waals surface area contributed by atoms with Crippen molar-refractivity contribution in [3.63, 3.8) is 0 Å². The van der Waals surface area contributed by atoms with Crippen LogP contribution in [0.5, 0.6) is 5.75 Å². The van der Waals surface area contributed by atoms with Crippen molar-refractivity contribution < 1.29 is 47.6 Å². The number of rotatable bonds is 8. The smallest absolute Gasteiger partial charge is 0.344 e. The first-order valence-electron chi connectivity index (χ1n) is 16.6. The maximum atomic E-state index is 14.5. The SMILES string of the molecule is CCOC(=O)C1=C(C(=O)OCC)[C@@H]2Oc3ccc(C)cc3[C@]3(OC(=NC(C)(C)C)C(C(=O)OCC)=C3C(=O)OCC)[C@]2(C#N)C1=NC(C)(C)C. The summed E-state index contributed by atoms with van der Waals surface area (Å²) >= 11 is 0. The first-order chi connectivity index (χ1) is 23.4. The van der Waals surface area contributed by atoms with Crippen molar-refractivity contribution in [1.29, 1.82) is 5.26 Å². The number of hydrogen-bond acceptors (Lipinski definition) is 13. The molecule has 0 bridgehead atoms. The molecule has 1 spiro atoms. The van der Waals surface area contributed by atoms with E-state index in [0.29, 0.717) is 5.56 Å². The summed E-state index contributed by atoms with van der Waals surface area (Å²) in [5.74, 6) is -4.14. The number of ether oxygens (including phenoxy) is 6. The van der Waals surface area contributed by atoms with Crippen LogP contribution in [-0.2, 0) is 48.5 Å². The van der Waals surface area contributed by atoms with Crippen LogP contribution in [0.3, 0.4) is 0 Å². The third-order valence-electron chi connectivity index (χ3n) is 7.91. The first kappa shape index (κ1) is 37.8. The molecule has 4 rings (SSSR count). The molecule has 0 fully saturated rings. The van der Waals surface area contributed by atoms with Gasteiger partial charge in [0.25, 0.3) is 0 Å². The molecule has 268 valence electrons. The van der Waals surface area contributed by atoms with Gasteiger partial charge in [-0.2, -0.15) is 5.26 Å². The molecule has 0 saturated carbocycles. The van der Waals surface area contributed by atoms with Gasteiger partial charge in [-0.15, -0.1) is 0 Å². The predicted octanol–water partition coefficient (Wildman–Crippen LogP) is 4.79. The largest absolute Gasteiger partial charge is 0.483 e. The standard InChI is InChI=1S/C37H45N3O10/c1-12-45-30(41)23-24(31(42)46-13-2)28-36(19-38,27(23)39-34(6,7)8)37(21-18-20(5)16-17-22(21)49-28)26(33(44)48-15-4)25(32(43)47-14-3)29(50-37)40-35(9,10)11/h16-18,28H,12-15H2,1-11H3/t28-,36+,37+/m0/s1. The molecule has 0 amide bonds. The summed E-state index contributed by atoms with van der Waals surface area (Å²) in [6, 6.07) is 7.28. The molecule has 0 unspecified atom stereocenters. The summed E-state index contributed by atoms with van der Waals surface area (Å²) in [7, 11) is 0. The number of esters is 4. The number of carbonyl (C=O) groups excluding carboxylic acids is 4. The zero-order valence-corrected chi connectivity index (χ0v) is 30.6. The second-order valence-electron chi connectivity index (χ2n) is 13.8. The zero-order valence-electron chi connectivity index (χ0n) is 30.6. The highest BCUT2D eigenvalue weighted by atomic mass is 16.6. The van der Waals surface area contributed by atoms with Crippen LogP contribution in [0.1, 0.15) is 80.4 Å². The number of aryl methyl sites for hydroxylation is 1. The number of carbonyl (C=O) groups is 4. The minimum atomic E-state index is -2.37. The molecular formula is C37H45N3O10. The number of fused-ring (bicyclic) bond motifs is 4. The lowest BCUT2D eigenvalue weighted by Crippen LogP contribution is -2.62. The Labute approximate surface area is 292 Å². The predicted molar refractivity (Wildman–Crippen MR) is 181 cm³/mol. The van der Waals surface area contributed by atoms with Gasteiger partial charge in [-0.25, -0.2) is 24.2 Å². The first-order valence-corrected chi connectivity index (χ1v) is 16.6. The van der Waals surface area contributed by atoms with Crippen molar-refractivity contribution in [3.8, 4) is 11.8 Å². The van der Waals surface area contributed by atoms with Gasteiger partial charge in [0, 0.05) is 5.56 Å². The number of hydrogen-bond donors (Lipinski definition) is 0. The normalized spacial score (nSPS) is 24.3. The van der Waals surface area contributed by atoms with Crippen molar-refractivity contribution in [3.05, 3.63) is 51.6 Å². The van der Waals surface area contributed by atoms with Crippen molar-refractivity contribution in [2.75, 3.05) is 26.4 Å². The Morgan fingerprint density at radius 2 is 1.32 bits per heavy atom. The fourth-order valence-electron chi connectivity index (χ4n) is 6.38. The third-order valence-corrected chi connectivity index (χ3v) is 7.91. The molecule has 2 heterocycles. The molecule has 3 atom stereocenters. The Kier molecular flexibility index (Phi) is 10.4. The Balaban J connectivity index is 2.40. The van der Waals surface area contributed by atoms with Crippen molar-refractivity contribution in [2.24, 2.45) is 15.4 Å². The molecule has 0 aromatic heterocycles. The average molecular weight is 692 g/mol. The molecule has 3 aliphatic rings. The number of benzene rings is 1. The molecule has 0 N–H and O–H groups in total. The van der Waals surface area contributed by atoms with E-state index in [9.17, 15) is 24.4 Å². The van der Waals surface area contributed by atoms with Gasteiger partial charge in [0.15, 0.2) is 11.5 Å². The molecule has 1 aromatic carbocycles. The molecule has 13 heteroatoms. The third kappa shape index (κ3) is 6.16. The summed E-state index contributed by atoms with van der Waals surface area (Å²) in [6.07, 6.45) is -1.68. The van der Waals surface area contributed by atoms with Gasteiger partial charge in [0.1, 0.15) is 16.9 Å².